The van der Waals surface area contributed by atoms with E-state index in [0.29, 0.717) is 33.3 Å². The lowest BCUT2D eigenvalue weighted by atomic mass is 9.92. The van der Waals surface area contributed by atoms with Crippen molar-refractivity contribution in [2.75, 3.05) is 11.1 Å². The first-order valence-corrected chi connectivity index (χ1v) is 11.9. The fraction of sp³-hybridized carbons (Fsp3) is 0.100. The molecule has 38 heavy (non-hydrogen) atoms. The van der Waals surface area contributed by atoms with E-state index in [1.807, 2.05) is 0 Å². The molecule has 0 saturated heterocycles. The van der Waals surface area contributed by atoms with Crippen LogP contribution in [0.1, 0.15) is 28.9 Å². The Morgan fingerprint density at radius 3 is 2.26 bits per heavy atom. The monoisotopic (exact) mass is 509 g/mol. The van der Waals surface area contributed by atoms with Crippen LogP contribution in [0.3, 0.4) is 0 Å². The Labute approximate surface area is 219 Å². The van der Waals surface area contributed by atoms with Crippen molar-refractivity contribution in [3.63, 3.8) is 0 Å². The Bertz CT molecular complexity index is 1500. The number of rotatable bonds is 7. The van der Waals surface area contributed by atoms with Crippen molar-refractivity contribution in [2.24, 2.45) is 5.92 Å². The summed E-state index contributed by atoms with van der Waals surface area (Å²) >= 11 is 0. The van der Waals surface area contributed by atoms with Gasteiger partial charge in [0.25, 0.3) is 5.91 Å². The van der Waals surface area contributed by atoms with Crippen LogP contribution in [0.4, 0.5) is 16.2 Å². The second-order valence-electron chi connectivity index (χ2n) is 8.66. The van der Waals surface area contributed by atoms with Crippen molar-refractivity contribution in [1.82, 2.24) is 5.32 Å². The molecule has 192 valence electrons. The van der Waals surface area contributed by atoms with Crippen LogP contribution in [-0.2, 0) is 9.53 Å². The molecular weight excluding hydrogens is 482 g/mol. The summed E-state index contributed by atoms with van der Waals surface area (Å²) in [6.07, 6.45) is 1.11. The maximum atomic E-state index is 12.8. The number of phenolic OH excluding ortho intramolecular Hbond substituents is 1. The van der Waals surface area contributed by atoms with Gasteiger partial charge in [0.05, 0.1) is 11.4 Å². The number of fused-ring (bicyclic) bond motifs is 1. The number of alkyl carbamates (subject to hydrolysis) is 1. The van der Waals surface area contributed by atoms with Crippen molar-refractivity contribution in [1.29, 1.82) is 0 Å². The van der Waals surface area contributed by atoms with E-state index in [4.69, 9.17) is 10.5 Å². The number of carbonyl (C=O) groups excluding carboxylic acids is 3. The fourth-order valence-electron chi connectivity index (χ4n) is 4.03. The quantitative estimate of drug-likeness (QED) is 0.190. The van der Waals surface area contributed by atoms with Gasteiger partial charge in [0.15, 0.2) is 0 Å². The van der Waals surface area contributed by atoms with E-state index in [0.717, 1.165) is 0 Å². The summed E-state index contributed by atoms with van der Waals surface area (Å²) in [6.45, 7) is 1.78. The number of para-hydroxylation sites is 2. The second kappa shape index (κ2) is 11.7. The minimum absolute atomic E-state index is 0.0785. The summed E-state index contributed by atoms with van der Waals surface area (Å²) in [4.78, 5) is 37.9. The first-order valence-electron chi connectivity index (χ1n) is 11.9. The van der Waals surface area contributed by atoms with Crippen molar-refractivity contribution in [2.45, 2.75) is 13.0 Å². The highest BCUT2D eigenvalue weighted by Crippen LogP contribution is 2.36. The molecule has 0 aromatic heterocycles. The summed E-state index contributed by atoms with van der Waals surface area (Å²) in [5.41, 5.74) is 7.72. The molecular formula is C30H27N3O5. The minimum Gasteiger partial charge on any atom is -0.507 e. The van der Waals surface area contributed by atoms with Gasteiger partial charge in [-0.2, -0.15) is 0 Å². The van der Waals surface area contributed by atoms with Crippen molar-refractivity contribution in [3.8, 4) is 5.75 Å². The molecule has 3 amide bonds. The SMILES string of the molecule is C[C@@H](/C=C/C(=O)Nc1ccccc1N)[C@@H](OC(=O)NC(=O)c1ccccc1)c1ccc(O)c2ccccc12. The molecule has 4 aromatic rings. The highest BCUT2D eigenvalue weighted by atomic mass is 16.6. The molecule has 0 aliphatic heterocycles. The molecule has 0 radical (unpaired) electrons. The lowest BCUT2D eigenvalue weighted by Crippen LogP contribution is -2.33. The number of hydrogen-bond donors (Lipinski definition) is 4. The Hall–Kier alpha value is -5.11. The van der Waals surface area contributed by atoms with Gasteiger partial charge in [-0.1, -0.05) is 73.7 Å². The van der Waals surface area contributed by atoms with Gasteiger partial charge in [0.1, 0.15) is 11.9 Å². The molecule has 0 aliphatic rings. The smallest absolute Gasteiger partial charge is 0.414 e. The lowest BCUT2D eigenvalue weighted by Gasteiger charge is -2.24. The first kappa shape index (κ1) is 26.0. The molecule has 0 unspecified atom stereocenters. The summed E-state index contributed by atoms with van der Waals surface area (Å²) in [5.74, 6) is -1.44. The Morgan fingerprint density at radius 2 is 1.53 bits per heavy atom. The fourth-order valence-corrected chi connectivity index (χ4v) is 4.03. The maximum Gasteiger partial charge on any atom is 0.414 e. The zero-order valence-electron chi connectivity index (χ0n) is 20.6. The molecule has 8 heteroatoms. The molecule has 8 nitrogen and oxygen atoms in total. The predicted molar refractivity (Wildman–Crippen MR) is 147 cm³/mol. The molecule has 0 aliphatic carbocycles. The van der Waals surface area contributed by atoms with Gasteiger partial charge in [0, 0.05) is 22.4 Å². The van der Waals surface area contributed by atoms with Crippen LogP contribution in [0.15, 0.2) is 103 Å². The zero-order valence-corrected chi connectivity index (χ0v) is 20.6. The van der Waals surface area contributed by atoms with Crippen LogP contribution < -0.4 is 16.4 Å². The number of nitrogens with one attached hydrogen (secondary N) is 2. The van der Waals surface area contributed by atoms with E-state index in [-0.39, 0.29) is 5.75 Å². The number of aromatic hydroxyl groups is 1. The molecule has 0 heterocycles. The molecule has 5 N–H and O–H groups in total. The van der Waals surface area contributed by atoms with E-state index in [9.17, 15) is 19.5 Å². The van der Waals surface area contributed by atoms with E-state index in [1.165, 1.54) is 12.1 Å². The van der Waals surface area contributed by atoms with Gasteiger partial charge < -0.3 is 20.9 Å². The average Bonchev–Trinajstić information content (AvgIpc) is 2.93. The van der Waals surface area contributed by atoms with Crippen LogP contribution in [0.5, 0.6) is 5.75 Å². The second-order valence-corrected chi connectivity index (χ2v) is 8.66. The van der Waals surface area contributed by atoms with Crippen LogP contribution >= 0.6 is 0 Å². The number of ether oxygens (including phenoxy) is 1. The largest absolute Gasteiger partial charge is 0.507 e. The van der Waals surface area contributed by atoms with Gasteiger partial charge in [-0.25, -0.2) is 4.79 Å². The molecule has 0 bridgehead atoms. The molecule has 2 atom stereocenters. The van der Waals surface area contributed by atoms with Crippen LogP contribution in [0, 0.1) is 5.92 Å². The third kappa shape index (κ3) is 6.17. The number of carbonyl (C=O) groups is 3. The molecule has 4 rings (SSSR count). The number of nitrogens with two attached hydrogens (primary N) is 1. The van der Waals surface area contributed by atoms with Crippen molar-refractivity contribution >= 4 is 40.1 Å². The molecule has 0 fully saturated rings. The minimum atomic E-state index is -0.942. The number of phenols is 1. The van der Waals surface area contributed by atoms with Gasteiger partial charge in [-0.3, -0.25) is 14.9 Å². The first-order chi connectivity index (χ1) is 18.3. The molecule has 0 spiro atoms. The average molecular weight is 510 g/mol. The highest BCUT2D eigenvalue weighted by Gasteiger charge is 2.26. The van der Waals surface area contributed by atoms with Crippen molar-refractivity contribution in [3.05, 3.63) is 114 Å². The highest BCUT2D eigenvalue weighted by molar-refractivity contribution is 6.03. The zero-order chi connectivity index (χ0) is 27.1. The van der Waals surface area contributed by atoms with Crippen LogP contribution in [0.25, 0.3) is 10.8 Å². The van der Waals surface area contributed by atoms with Crippen LogP contribution in [0.2, 0.25) is 0 Å². The number of anilines is 2. The molecule has 4 aromatic carbocycles. The van der Waals surface area contributed by atoms with E-state index in [1.54, 1.807) is 97.9 Å². The summed E-state index contributed by atoms with van der Waals surface area (Å²) < 4.78 is 5.75. The van der Waals surface area contributed by atoms with Crippen molar-refractivity contribution < 1.29 is 24.2 Å². The maximum absolute atomic E-state index is 12.8. The normalized spacial score (nSPS) is 12.6. The third-order valence-corrected chi connectivity index (χ3v) is 5.97. The van der Waals surface area contributed by atoms with Gasteiger partial charge in [-0.05, 0) is 41.8 Å². The lowest BCUT2D eigenvalue weighted by molar-refractivity contribution is -0.111. The topological polar surface area (TPSA) is 131 Å². The van der Waals surface area contributed by atoms with Gasteiger partial charge in [0.2, 0.25) is 5.91 Å². The number of benzene rings is 4. The van der Waals surface area contributed by atoms with E-state index >= 15 is 0 Å². The summed E-state index contributed by atoms with van der Waals surface area (Å²) in [7, 11) is 0. The Balaban J connectivity index is 1.59. The standard InChI is InChI=1S/C30H27N3O5/c1-19(15-18-27(35)32-25-14-8-7-13-24(25)31)28(23-16-17-26(34)22-12-6-5-11-21(22)23)38-30(37)33-29(36)20-9-3-2-4-10-20/h2-19,28,34H,31H2,1H3,(H,32,35)(H,33,36,37)/b18-15+/t19-,28+/m0/s1. The van der Waals surface area contributed by atoms with Crippen LogP contribution in [-0.4, -0.2) is 23.0 Å². The number of hydrogen-bond acceptors (Lipinski definition) is 6. The summed E-state index contributed by atoms with van der Waals surface area (Å²) in [5, 5.41) is 16.6. The number of amides is 3. The predicted octanol–water partition coefficient (Wildman–Crippen LogP) is 5.57. The number of nitrogen functional groups attached to an aromatic ring is 1. The van der Waals surface area contributed by atoms with Gasteiger partial charge >= 0.3 is 6.09 Å². The summed E-state index contributed by atoms with van der Waals surface area (Å²) in [6, 6.07) is 25.5. The number of imide groups is 1. The van der Waals surface area contributed by atoms with E-state index < -0.39 is 29.9 Å². The Kier molecular flexibility index (Phi) is 8.03. The Morgan fingerprint density at radius 1 is 0.868 bits per heavy atom. The molecule has 0 saturated carbocycles. The third-order valence-electron chi connectivity index (χ3n) is 5.97. The van der Waals surface area contributed by atoms with E-state index in [2.05, 4.69) is 10.6 Å². The van der Waals surface area contributed by atoms with Gasteiger partial charge in [-0.15, -0.1) is 0 Å².